The van der Waals surface area contributed by atoms with Gasteiger partial charge in [0.25, 0.3) is 0 Å². The minimum Gasteiger partial charge on any atom is -0.487 e. The molecule has 0 saturated heterocycles. The summed E-state index contributed by atoms with van der Waals surface area (Å²) >= 11 is 0. The summed E-state index contributed by atoms with van der Waals surface area (Å²) in [6, 6.07) is 12.7. The van der Waals surface area contributed by atoms with Gasteiger partial charge in [-0.3, -0.25) is 0 Å². The molecule has 136 valence electrons. The highest BCUT2D eigenvalue weighted by atomic mass is 16.5. The first-order chi connectivity index (χ1) is 12.5. The highest BCUT2D eigenvalue weighted by Gasteiger charge is 2.28. The predicted octanol–water partition coefficient (Wildman–Crippen LogP) is 3.85. The first-order valence-corrected chi connectivity index (χ1v) is 8.53. The molecular weight excluding hydrogens is 336 g/mol. The average Bonchev–Trinajstić information content (AvgIpc) is 2.64. The van der Waals surface area contributed by atoms with E-state index in [1.54, 1.807) is 24.3 Å². The molecule has 26 heavy (non-hydrogen) atoms. The van der Waals surface area contributed by atoms with Crippen LogP contribution in [0.2, 0.25) is 0 Å². The van der Waals surface area contributed by atoms with Gasteiger partial charge in [-0.1, -0.05) is 0 Å². The maximum atomic E-state index is 10.9. The number of carboxylic acids is 2. The van der Waals surface area contributed by atoms with Crippen LogP contribution in [0.1, 0.15) is 46.4 Å². The zero-order valence-electron chi connectivity index (χ0n) is 14.1. The lowest BCUT2D eigenvalue weighted by Crippen LogP contribution is -2.39. The predicted molar refractivity (Wildman–Crippen MR) is 94.1 cm³/mol. The van der Waals surface area contributed by atoms with Crippen LogP contribution in [0.4, 0.5) is 0 Å². The molecule has 0 aliphatic heterocycles. The van der Waals surface area contributed by atoms with E-state index in [-0.39, 0.29) is 23.3 Å². The van der Waals surface area contributed by atoms with Crippen molar-refractivity contribution in [2.24, 2.45) is 0 Å². The first-order valence-electron chi connectivity index (χ1n) is 8.53. The standard InChI is InChI=1S/C20H20O6/c21-19(22)13-5-9-15(10-6-13)25-17-3-1-2-4-18(17)26-16-11-7-14(8-12-16)20(23)24/h5-12,17-18H,1-4H2,(H,21,22)(H,23,24). The summed E-state index contributed by atoms with van der Waals surface area (Å²) in [7, 11) is 0. The van der Waals surface area contributed by atoms with Gasteiger partial charge < -0.3 is 19.7 Å². The van der Waals surface area contributed by atoms with Gasteiger partial charge in [0.15, 0.2) is 0 Å². The molecule has 1 fully saturated rings. The van der Waals surface area contributed by atoms with E-state index < -0.39 is 11.9 Å². The second-order valence-corrected chi connectivity index (χ2v) is 6.26. The van der Waals surface area contributed by atoms with Crippen LogP contribution < -0.4 is 9.47 Å². The quantitative estimate of drug-likeness (QED) is 0.816. The summed E-state index contributed by atoms with van der Waals surface area (Å²) in [5, 5.41) is 17.9. The monoisotopic (exact) mass is 356 g/mol. The molecule has 3 rings (SSSR count). The van der Waals surface area contributed by atoms with Crippen LogP contribution in [0.5, 0.6) is 11.5 Å². The Bertz CT molecular complexity index is 698. The highest BCUT2D eigenvalue weighted by molar-refractivity contribution is 5.88. The number of aromatic carboxylic acids is 2. The molecule has 2 unspecified atom stereocenters. The van der Waals surface area contributed by atoms with Gasteiger partial charge in [0.1, 0.15) is 23.7 Å². The number of benzene rings is 2. The Kier molecular flexibility index (Phi) is 5.41. The van der Waals surface area contributed by atoms with Crippen molar-refractivity contribution in [1.29, 1.82) is 0 Å². The molecule has 1 aliphatic rings. The molecule has 0 spiro atoms. The Morgan fingerprint density at radius 2 is 1.04 bits per heavy atom. The maximum Gasteiger partial charge on any atom is 0.335 e. The van der Waals surface area contributed by atoms with Crippen molar-refractivity contribution in [2.75, 3.05) is 0 Å². The van der Waals surface area contributed by atoms with Gasteiger partial charge in [-0.15, -0.1) is 0 Å². The van der Waals surface area contributed by atoms with Gasteiger partial charge in [-0.05, 0) is 74.2 Å². The zero-order chi connectivity index (χ0) is 18.5. The van der Waals surface area contributed by atoms with Crippen LogP contribution in [-0.2, 0) is 0 Å². The van der Waals surface area contributed by atoms with Crippen LogP contribution in [0.15, 0.2) is 48.5 Å². The van der Waals surface area contributed by atoms with E-state index in [0.29, 0.717) is 11.5 Å². The van der Waals surface area contributed by atoms with E-state index in [9.17, 15) is 9.59 Å². The van der Waals surface area contributed by atoms with Crippen molar-refractivity contribution in [3.05, 3.63) is 59.7 Å². The Morgan fingerprint density at radius 3 is 1.35 bits per heavy atom. The molecule has 2 N–H and O–H groups in total. The van der Waals surface area contributed by atoms with Gasteiger partial charge in [-0.2, -0.15) is 0 Å². The molecule has 6 heteroatoms. The van der Waals surface area contributed by atoms with Crippen LogP contribution in [-0.4, -0.2) is 34.4 Å². The largest absolute Gasteiger partial charge is 0.487 e. The molecule has 0 bridgehead atoms. The van der Waals surface area contributed by atoms with Gasteiger partial charge in [0.2, 0.25) is 0 Å². The third-order valence-electron chi connectivity index (χ3n) is 4.42. The molecule has 1 aliphatic carbocycles. The summed E-state index contributed by atoms with van der Waals surface area (Å²) in [5.41, 5.74) is 0.430. The van der Waals surface area contributed by atoms with Crippen LogP contribution in [0, 0.1) is 0 Å². The number of ether oxygens (including phenoxy) is 2. The fourth-order valence-electron chi connectivity index (χ4n) is 3.03. The van der Waals surface area contributed by atoms with E-state index in [2.05, 4.69) is 0 Å². The Labute approximate surface area is 151 Å². The maximum absolute atomic E-state index is 10.9. The fourth-order valence-corrected chi connectivity index (χ4v) is 3.03. The van der Waals surface area contributed by atoms with E-state index >= 15 is 0 Å². The minimum atomic E-state index is -0.972. The van der Waals surface area contributed by atoms with Crippen molar-refractivity contribution in [3.8, 4) is 11.5 Å². The number of rotatable bonds is 6. The van der Waals surface area contributed by atoms with Gasteiger partial charge in [0.05, 0.1) is 11.1 Å². The molecule has 0 amide bonds. The molecule has 2 atom stereocenters. The molecule has 0 heterocycles. The lowest BCUT2D eigenvalue weighted by atomic mass is 9.94. The minimum absolute atomic E-state index is 0.140. The third kappa shape index (κ3) is 4.33. The molecule has 2 aromatic rings. The molecule has 0 aromatic heterocycles. The highest BCUT2D eigenvalue weighted by Crippen LogP contribution is 2.28. The lowest BCUT2D eigenvalue weighted by molar-refractivity contribution is 0.0231. The lowest BCUT2D eigenvalue weighted by Gasteiger charge is -2.32. The second-order valence-electron chi connectivity index (χ2n) is 6.26. The van der Waals surface area contributed by atoms with E-state index in [4.69, 9.17) is 19.7 Å². The molecule has 0 radical (unpaired) electrons. The summed E-state index contributed by atoms with van der Waals surface area (Å²) in [6.07, 6.45) is 3.49. The Morgan fingerprint density at radius 1 is 0.692 bits per heavy atom. The molecule has 2 aromatic carbocycles. The van der Waals surface area contributed by atoms with E-state index in [0.717, 1.165) is 25.7 Å². The molecule has 6 nitrogen and oxygen atoms in total. The van der Waals surface area contributed by atoms with Crippen LogP contribution in [0.3, 0.4) is 0 Å². The SMILES string of the molecule is O=C(O)c1ccc(OC2CCCCC2Oc2ccc(C(=O)O)cc2)cc1. The summed E-state index contributed by atoms with van der Waals surface area (Å²) in [5.74, 6) is -0.728. The Balaban J connectivity index is 1.67. The van der Waals surface area contributed by atoms with Crippen molar-refractivity contribution < 1.29 is 29.3 Å². The topological polar surface area (TPSA) is 93.1 Å². The van der Waals surface area contributed by atoms with Crippen molar-refractivity contribution in [2.45, 2.75) is 37.9 Å². The number of carboxylic acid groups (broad SMARTS) is 2. The van der Waals surface area contributed by atoms with Crippen molar-refractivity contribution >= 4 is 11.9 Å². The Hall–Kier alpha value is -3.02. The number of carbonyl (C=O) groups is 2. The van der Waals surface area contributed by atoms with Gasteiger partial charge in [-0.25, -0.2) is 9.59 Å². The summed E-state index contributed by atoms with van der Waals surface area (Å²) < 4.78 is 12.0. The average molecular weight is 356 g/mol. The van der Waals surface area contributed by atoms with Gasteiger partial charge in [0, 0.05) is 0 Å². The van der Waals surface area contributed by atoms with Crippen LogP contribution in [0.25, 0.3) is 0 Å². The fraction of sp³-hybridized carbons (Fsp3) is 0.300. The van der Waals surface area contributed by atoms with Crippen LogP contribution >= 0.6 is 0 Å². The number of hydrogen-bond donors (Lipinski definition) is 2. The first kappa shape index (κ1) is 17.8. The zero-order valence-corrected chi connectivity index (χ0v) is 14.1. The summed E-state index contributed by atoms with van der Waals surface area (Å²) in [6.45, 7) is 0. The number of hydrogen-bond acceptors (Lipinski definition) is 4. The summed E-state index contributed by atoms with van der Waals surface area (Å²) in [4.78, 5) is 21.9. The molecular formula is C20H20O6. The third-order valence-corrected chi connectivity index (χ3v) is 4.42. The van der Waals surface area contributed by atoms with Gasteiger partial charge >= 0.3 is 11.9 Å². The van der Waals surface area contributed by atoms with Crippen molar-refractivity contribution in [3.63, 3.8) is 0 Å². The van der Waals surface area contributed by atoms with E-state index in [1.807, 2.05) is 0 Å². The second kappa shape index (κ2) is 7.91. The van der Waals surface area contributed by atoms with Crippen molar-refractivity contribution in [1.82, 2.24) is 0 Å². The molecule has 1 saturated carbocycles. The normalized spacial score (nSPS) is 19.5. The smallest absolute Gasteiger partial charge is 0.335 e. The van der Waals surface area contributed by atoms with E-state index in [1.165, 1.54) is 24.3 Å².